The maximum absolute atomic E-state index is 12.6. The lowest BCUT2D eigenvalue weighted by Gasteiger charge is -2.34. The van der Waals surface area contributed by atoms with Crippen LogP contribution in [0.1, 0.15) is 48.4 Å². The van der Waals surface area contributed by atoms with E-state index < -0.39 is 0 Å². The van der Waals surface area contributed by atoms with Crippen LogP contribution in [0.4, 0.5) is 0 Å². The molecule has 1 fully saturated rings. The summed E-state index contributed by atoms with van der Waals surface area (Å²) < 4.78 is 10.9. The van der Waals surface area contributed by atoms with Crippen LogP contribution in [0.3, 0.4) is 0 Å². The van der Waals surface area contributed by atoms with Crippen molar-refractivity contribution in [1.82, 2.24) is 9.88 Å². The summed E-state index contributed by atoms with van der Waals surface area (Å²) in [5.41, 5.74) is 1.75. The number of thiazole rings is 1. The van der Waals surface area contributed by atoms with E-state index in [2.05, 4.69) is 4.98 Å². The van der Waals surface area contributed by atoms with Crippen molar-refractivity contribution < 1.29 is 19.4 Å². The molecule has 1 amide bonds. The first-order chi connectivity index (χ1) is 13.7. The molecule has 2 aromatic rings. The van der Waals surface area contributed by atoms with Crippen molar-refractivity contribution in [2.75, 3.05) is 13.7 Å². The summed E-state index contributed by atoms with van der Waals surface area (Å²) in [6.07, 6.45) is 5.76. The van der Waals surface area contributed by atoms with Crippen LogP contribution in [-0.2, 0) is 29.3 Å². The molecule has 152 valence electrons. The predicted molar refractivity (Wildman–Crippen MR) is 108 cm³/mol. The summed E-state index contributed by atoms with van der Waals surface area (Å²) in [6.45, 7) is 1.05. The van der Waals surface area contributed by atoms with Gasteiger partial charge >= 0.3 is 0 Å². The molecule has 1 heterocycles. The molecule has 1 N–H and O–H groups in total. The van der Waals surface area contributed by atoms with Gasteiger partial charge < -0.3 is 19.5 Å². The second-order valence-electron chi connectivity index (χ2n) is 7.07. The number of carbonyl (C=O) groups is 1. The number of ether oxygens (including phenoxy) is 2. The number of nitrogens with zero attached hydrogens (tertiary/aromatic N) is 2. The van der Waals surface area contributed by atoms with Crippen molar-refractivity contribution in [2.24, 2.45) is 0 Å². The smallest absolute Gasteiger partial charge is 0.249 e. The van der Waals surface area contributed by atoms with Gasteiger partial charge in [-0.15, -0.1) is 11.3 Å². The molecule has 1 aromatic carbocycles. The summed E-state index contributed by atoms with van der Waals surface area (Å²) in [7, 11) is 1.56. The van der Waals surface area contributed by atoms with Gasteiger partial charge in [0.05, 0.1) is 12.3 Å². The molecule has 6 nitrogen and oxygen atoms in total. The number of hydrogen-bond acceptors (Lipinski definition) is 6. The molecule has 0 radical (unpaired) electrons. The lowest BCUT2D eigenvalue weighted by molar-refractivity contribution is -0.139. The number of hydrogen-bond donors (Lipinski definition) is 1. The predicted octanol–water partition coefficient (Wildman–Crippen LogP) is 3.52. The molecule has 0 saturated heterocycles. The maximum atomic E-state index is 12.6. The molecule has 1 aliphatic rings. The zero-order valence-electron chi connectivity index (χ0n) is 16.3. The number of amides is 1. The first-order valence-electron chi connectivity index (χ1n) is 9.74. The minimum absolute atomic E-state index is 0.0511. The Kier molecular flexibility index (Phi) is 7.82. The van der Waals surface area contributed by atoms with E-state index in [-0.39, 0.29) is 19.1 Å². The molecule has 7 heteroatoms. The van der Waals surface area contributed by atoms with Crippen LogP contribution in [0.15, 0.2) is 29.6 Å². The highest BCUT2D eigenvalue weighted by Gasteiger charge is 2.25. The Bertz CT molecular complexity index is 741. The Morgan fingerprint density at radius 2 is 2.00 bits per heavy atom. The number of carbonyl (C=O) groups excluding carboxylic acids is 1. The van der Waals surface area contributed by atoms with Crippen LogP contribution >= 0.6 is 11.3 Å². The molecule has 28 heavy (non-hydrogen) atoms. The zero-order valence-corrected chi connectivity index (χ0v) is 17.1. The molecule has 0 bridgehead atoms. The van der Waals surface area contributed by atoms with Crippen molar-refractivity contribution in [2.45, 2.75) is 57.9 Å². The van der Waals surface area contributed by atoms with E-state index in [1.165, 1.54) is 30.6 Å². The minimum atomic E-state index is -0.0511. The number of aliphatic hydroxyl groups excluding tert-OH is 1. The largest absolute Gasteiger partial charge is 0.486 e. The topological polar surface area (TPSA) is 71.9 Å². The molecular weight excluding hydrogens is 376 g/mol. The average Bonchev–Trinajstić information content (AvgIpc) is 3.20. The highest BCUT2D eigenvalue weighted by molar-refractivity contribution is 7.09. The van der Waals surface area contributed by atoms with E-state index >= 15 is 0 Å². The van der Waals surface area contributed by atoms with Gasteiger partial charge in [-0.25, -0.2) is 4.98 Å². The van der Waals surface area contributed by atoms with Gasteiger partial charge in [0.25, 0.3) is 0 Å². The van der Waals surface area contributed by atoms with Crippen LogP contribution in [0.25, 0.3) is 0 Å². The van der Waals surface area contributed by atoms with E-state index in [4.69, 9.17) is 14.6 Å². The second kappa shape index (κ2) is 10.5. The van der Waals surface area contributed by atoms with Gasteiger partial charge in [0.1, 0.15) is 24.0 Å². The van der Waals surface area contributed by atoms with E-state index in [1.807, 2.05) is 34.5 Å². The quantitative estimate of drug-likeness (QED) is 0.692. The molecule has 1 aliphatic carbocycles. The van der Waals surface area contributed by atoms with Gasteiger partial charge in [-0.1, -0.05) is 31.4 Å². The summed E-state index contributed by atoms with van der Waals surface area (Å²) in [5.74, 6) is 0.815. The number of aliphatic hydroxyl groups is 1. The third-order valence-electron chi connectivity index (χ3n) is 5.00. The molecular formula is C21H28N2O4S. The molecule has 0 atom stereocenters. The molecule has 0 unspecified atom stereocenters. The monoisotopic (exact) mass is 404 g/mol. The lowest BCUT2D eigenvalue weighted by Crippen LogP contribution is -2.42. The number of benzene rings is 1. The van der Waals surface area contributed by atoms with Gasteiger partial charge in [0, 0.05) is 25.1 Å². The Labute approximate surface area is 170 Å². The van der Waals surface area contributed by atoms with Crippen LogP contribution < -0.4 is 4.74 Å². The standard InChI is InChI=1S/C21H28N2O4S/c1-26-14-21(25)23(18-5-3-2-4-6-18)11-16-7-9-19(10-8-16)27-13-20-22-17(12-24)15-28-20/h7-10,15,18,24H,2-6,11-14H2,1H3. The first-order valence-corrected chi connectivity index (χ1v) is 10.6. The average molecular weight is 405 g/mol. The Hall–Kier alpha value is -1.96. The third-order valence-corrected chi connectivity index (χ3v) is 5.87. The SMILES string of the molecule is COCC(=O)N(Cc1ccc(OCc2nc(CO)cs2)cc1)C1CCCCC1. The van der Waals surface area contributed by atoms with Crippen molar-refractivity contribution in [3.05, 3.63) is 45.9 Å². The number of rotatable bonds is 9. The van der Waals surface area contributed by atoms with Crippen molar-refractivity contribution >= 4 is 17.2 Å². The second-order valence-corrected chi connectivity index (χ2v) is 8.01. The summed E-state index contributed by atoms with van der Waals surface area (Å²) in [5, 5.41) is 11.7. The fourth-order valence-corrected chi connectivity index (χ4v) is 4.24. The highest BCUT2D eigenvalue weighted by atomic mass is 32.1. The fraction of sp³-hybridized carbons (Fsp3) is 0.524. The zero-order chi connectivity index (χ0) is 19.8. The normalized spacial score (nSPS) is 14.8. The van der Waals surface area contributed by atoms with E-state index in [0.29, 0.717) is 24.9 Å². The van der Waals surface area contributed by atoms with Gasteiger partial charge in [0.2, 0.25) is 5.91 Å². The summed E-state index contributed by atoms with van der Waals surface area (Å²) >= 11 is 1.48. The van der Waals surface area contributed by atoms with Crippen LogP contribution in [0.5, 0.6) is 5.75 Å². The summed E-state index contributed by atoms with van der Waals surface area (Å²) in [4.78, 5) is 18.8. The molecule has 0 aliphatic heterocycles. The molecule has 3 rings (SSSR count). The van der Waals surface area contributed by atoms with Crippen LogP contribution in [0, 0.1) is 0 Å². The van der Waals surface area contributed by atoms with E-state index in [0.717, 1.165) is 29.2 Å². The third kappa shape index (κ3) is 5.77. The highest BCUT2D eigenvalue weighted by Crippen LogP contribution is 2.25. The first kappa shape index (κ1) is 20.8. The maximum Gasteiger partial charge on any atom is 0.249 e. The lowest BCUT2D eigenvalue weighted by atomic mass is 9.93. The van der Waals surface area contributed by atoms with Crippen LogP contribution in [-0.4, -0.2) is 40.7 Å². The van der Waals surface area contributed by atoms with E-state index in [1.54, 1.807) is 7.11 Å². The Morgan fingerprint density at radius 3 is 2.64 bits per heavy atom. The van der Waals surface area contributed by atoms with Gasteiger partial charge in [0.15, 0.2) is 0 Å². The molecule has 0 spiro atoms. The number of aromatic nitrogens is 1. The van der Waals surface area contributed by atoms with E-state index in [9.17, 15) is 4.79 Å². The van der Waals surface area contributed by atoms with Crippen molar-refractivity contribution in [3.63, 3.8) is 0 Å². The van der Waals surface area contributed by atoms with Crippen molar-refractivity contribution in [1.29, 1.82) is 0 Å². The Morgan fingerprint density at radius 1 is 1.25 bits per heavy atom. The van der Waals surface area contributed by atoms with Gasteiger partial charge in [-0.2, -0.15) is 0 Å². The fourth-order valence-electron chi connectivity index (χ4n) is 3.54. The molecule has 1 aromatic heterocycles. The van der Waals surface area contributed by atoms with Gasteiger partial charge in [-0.05, 0) is 30.5 Å². The summed E-state index contributed by atoms with van der Waals surface area (Å²) in [6, 6.07) is 8.17. The van der Waals surface area contributed by atoms with Crippen molar-refractivity contribution in [3.8, 4) is 5.75 Å². The van der Waals surface area contributed by atoms with Gasteiger partial charge in [-0.3, -0.25) is 4.79 Å². The minimum Gasteiger partial charge on any atom is -0.486 e. The van der Waals surface area contributed by atoms with Crippen LogP contribution in [0.2, 0.25) is 0 Å². The Balaban J connectivity index is 1.59. The number of methoxy groups -OCH3 is 1. The molecule has 1 saturated carbocycles.